The fraction of sp³-hybridized carbons (Fsp3) is 0.300. The summed E-state index contributed by atoms with van der Waals surface area (Å²) in [4.78, 5) is 8.08. The highest BCUT2D eigenvalue weighted by Crippen LogP contribution is 2.20. The monoisotopic (exact) mass is 237 g/mol. The Labute approximate surface area is 98.3 Å². The molecule has 0 spiro atoms. The normalized spacial score (nSPS) is 10.4. The molecule has 0 aliphatic heterocycles. The summed E-state index contributed by atoms with van der Waals surface area (Å²) in [6.45, 7) is 2.61. The zero-order valence-electron chi connectivity index (χ0n) is 8.87. The van der Waals surface area contributed by atoms with Crippen LogP contribution in [0.15, 0.2) is 18.7 Å². The highest BCUT2D eigenvalue weighted by Gasteiger charge is 2.04. The lowest BCUT2D eigenvalue weighted by Crippen LogP contribution is -2.07. The van der Waals surface area contributed by atoms with Crippen molar-refractivity contribution < 1.29 is 0 Å². The number of aromatic amines is 1. The summed E-state index contributed by atoms with van der Waals surface area (Å²) in [5, 5.41) is 10.4. The first-order valence-corrected chi connectivity index (χ1v) is 5.34. The molecule has 2 heterocycles. The maximum Gasteiger partial charge on any atom is 0.148 e. The van der Waals surface area contributed by atoms with Gasteiger partial charge in [0.1, 0.15) is 17.2 Å². The second-order valence-electron chi connectivity index (χ2n) is 3.40. The first kappa shape index (κ1) is 10.9. The Hall–Kier alpha value is -1.62. The molecule has 0 bridgehead atoms. The second-order valence-corrected chi connectivity index (χ2v) is 3.78. The van der Waals surface area contributed by atoms with Gasteiger partial charge in [0.15, 0.2) is 0 Å². The van der Waals surface area contributed by atoms with Crippen molar-refractivity contribution in [1.29, 1.82) is 0 Å². The van der Waals surface area contributed by atoms with E-state index in [4.69, 9.17) is 11.6 Å². The van der Waals surface area contributed by atoms with Gasteiger partial charge in [0, 0.05) is 12.7 Å². The van der Waals surface area contributed by atoms with Crippen LogP contribution in [0.4, 0.5) is 5.82 Å². The predicted octanol–water partition coefficient (Wildman–Crippen LogP) is 1.82. The zero-order chi connectivity index (χ0) is 11.4. The van der Waals surface area contributed by atoms with E-state index in [2.05, 4.69) is 25.5 Å². The van der Waals surface area contributed by atoms with Crippen LogP contribution in [-0.4, -0.2) is 26.7 Å². The molecule has 6 heteroatoms. The molecule has 5 nitrogen and oxygen atoms in total. The van der Waals surface area contributed by atoms with E-state index in [0.717, 1.165) is 24.2 Å². The van der Waals surface area contributed by atoms with Gasteiger partial charge in [-0.25, -0.2) is 9.97 Å². The van der Waals surface area contributed by atoms with E-state index < -0.39 is 0 Å². The molecule has 84 valence electrons. The lowest BCUT2D eigenvalue weighted by molar-refractivity contribution is 0.994. The summed E-state index contributed by atoms with van der Waals surface area (Å²) in [6, 6.07) is 0. The number of nitrogens with one attached hydrogen (secondary N) is 2. The molecule has 0 aromatic carbocycles. The Morgan fingerprint density at radius 3 is 3.06 bits per heavy atom. The Kier molecular flexibility index (Phi) is 3.36. The highest BCUT2D eigenvalue weighted by atomic mass is 35.5. The smallest absolute Gasteiger partial charge is 0.148 e. The summed E-state index contributed by atoms with van der Waals surface area (Å²) in [5.74, 6) is 0.678. The maximum absolute atomic E-state index is 6.05. The molecule has 0 fully saturated rings. The van der Waals surface area contributed by atoms with Gasteiger partial charge in [0.2, 0.25) is 0 Å². The number of H-pyrrole nitrogens is 1. The number of hydrogen-bond acceptors (Lipinski definition) is 4. The van der Waals surface area contributed by atoms with Crippen LogP contribution in [0.2, 0.25) is 5.02 Å². The van der Waals surface area contributed by atoms with Gasteiger partial charge < -0.3 is 5.32 Å². The van der Waals surface area contributed by atoms with Gasteiger partial charge in [-0.15, -0.1) is 0 Å². The number of halogens is 1. The summed E-state index contributed by atoms with van der Waals surface area (Å²) in [7, 11) is 0. The molecular formula is C10H12ClN5. The van der Waals surface area contributed by atoms with Crippen LogP contribution in [0.25, 0.3) is 0 Å². The number of hydrogen-bond donors (Lipinski definition) is 2. The molecule has 0 amide bonds. The van der Waals surface area contributed by atoms with E-state index in [1.807, 2.05) is 13.1 Å². The molecule has 0 saturated carbocycles. The molecule has 2 aromatic heterocycles. The summed E-state index contributed by atoms with van der Waals surface area (Å²) < 4.78 is 0. The quantitative estimate of drug-likeness (QED) is 0.851. The van der Waals surface area contributed by atoms with Crippen LogP contribution >= 0.6 is 11.6 Å². The van der Waals surface area contributed by atoms with Crippen molar-refractivity contribution >= 4 is 17.4 Å². The minimum absolute atomic E-state index is 0.578. The zero-order valence-corrected chi connectivity index (χ0v) is 9.62. The molecule has 0 unspecified atom stereocenters. The van der Waals surface area contributed by atoms with E-state index in [1.165, 1.54) is 6.33 Å². The standard InChI is InChI=1S/C10H12ClN5/c1-7-9(11)10(14-6-13-7)12-3-2-8-4-15-16-5-8/h4-6H,2-3H2,1H3,(H,15,16)(H,12,13,14). The van der Waals surface area contributed by atoms with Crippen molar-refractivity contribution in [2.75, 3.05) is 11.9 Å². The van der Waals surface area contributed by atoms with Crippen molar-refractivity contribution in [2.45, 2.75) is 13.3 Å². The predicted molar refractivity (Wildman–Crippen MR) is 62.6 cm³/mol. The molecule has 2 N–H and O–H groups in total. The number of rotatable bonds is 4. The number of aromatic nitrogens is 4. The molecule has 0 aliphatic rings. The average molecular weight is 238 g/mol. The maximum atomic E-state index is 6.05. The van der Waals surface area contributed by atoms with Gasteiger partial charge in [-0.1, -0.05) is 11.6 Å². The van der Waals surface area contributed by atoms with Gasteiger partial charge in [0.25, 0.3) is 0 Å². The van der Waals surface area contributed by atoms with E-state index in [-0.39, 0.29) is 0 Å². The molecular weight excluding hydrogens is 226 g/mol. The Bertz CT molecular complexity index is 454. The Morgan fingerprint density at radius 2 is 2.31 bits per heavy atom. The van der Waals surface area contributed by atoms with Gasteiger partial charge >= 0.3 is 0 Å². The molecule has 0 radical (unpaired) electrons. The second kappa shape index (κ2) is 4.94. The minimum Gasteiger partial charge on any atom is -0.368 e. The van der Waals surface area contributed by atoms with Crippen LogP contribution in [0.5, 0.6) is 0 Å². The summed E-state index contributed by atoms with van der Waals surface area (Å²) in [5.41, 5.74) is 1.93. The van der Waals surface area contributed by atoms with Crippen LogP contribution in [-0.2, 0) is 6.42 Å². The molecule has 0 atom stereocenters. The molecule has 2 aromatic rings. The topological polar surface area (TPSA) is 66.5 Å². The largest absolute Gasteiger partial charge is 0.368 e. The first-order valence-electron chi connectivity index (χ1n) is 4.96. The third-order valence-electron chi connectivity index (χ3n) is 2.22. The number of nitrogens with zero attached hydrogens (tertiary/aromatic N) is 3. The van der Waals surface area contributed by atoms with E-state index in [9.17, 15) is 0 Å². The van der Waals surface area contributed by atoms with Crippen molar-refractivity contribution in [2.24, 2.45) is 0 Å². The van der Waals surface area contributed by atoms with Crippen LogP contribution in [0, 0.1) is 6.92 Å². The molecule has 0 aliphatic carbocycles. The van der Waals surface area contributed by atoms with Crippen molar-refractivity contribution in [3.8, 4) is 0 Å². The van der Waals surface area contributed by atoms with Gasteiger partial charge in [-0.05, 0) is 18.9 Å². The number of aryl methyl sites for hydroxylation is 1. The number of anilines is 1. The van der Waals surface area contributed by atoms with Crippen LogP contribution < -0.4 is 5.32 Å². The third kappa shape index (κ3) is 2.49. The third-order valence-corrected chi connectivity index (χ3v) is 2.68. The Balaban J connectivity index is 1.92. The lowest BCUT2D eigenvalue weighted by atomic mass is 10.2. The van der Waals surface area contributed by atoms with E-state index in [1.54, 1.807) is 6.20 Å². The van der Waals surface area contributed by atoms with Crippen molar-refractivity contribution in [1.82, 2.24) is 20.2 Å². The molecule has 0 saturated heterocycles. The van der Waals surface area contributed by atoms with Gasteiger partial charge in [-0.3, -0.25) is 5.10 Å². The van der Waals surface area contributed by atoms with Gasteiger partial charge in [0.05, 0.1) is 11.9 Å². The summed E-state index contributed by atoms with van der Waals surface area (Å²) >= 11 is 6.05. The SMILES string of the molecule is Cc1ncnc(NCCc2cn[nH]c2)c1Cl. The first-order chi connectivity index (χ1) is 7.77. The van der Waals surface area contributed by atoms with Crippen molar-refractivity contribution in [3.63, 3.8) is 0 Å². The highest BCUT2D eigenvalue weighted by molar-refractivity contribution is 6.33. The molecule has 16 heavy (non-hydrogen) atoms. The molecule has 2 rings (SSSR count). The Morgan fingerprint density at radius 1 is 1.44 bits per heavy atom. The van der Waals surface area contributed by atoms with Crippen molar-refractivity contribution in [3.05, 3.63) is 35.0 Å². The fourth-order valence-corrected chi connectivity index (χ4v) is 1.49. The van der Waals surface area contributed by atoms with Crippen LogP contribution in [0.3, 0.4) is 0 Å². The minimum atomic E-state index is 0.578. The van der Waals surface area contributed by atoms with E-state index in [0.29, 0.717) is 10.8 Å². The average Bonchev–Trinajstić information content (AvgIpc) is 2.77. The van der Waals surface area contributed by atoms with Crippen LogP contribution in [0.1, 0.15) is 11.3 Å². The summed E-state index contributed by atoms with van der Waals surface area (Å²) in [6.07, 6.45) is 6.04. The van der Waals surface area contributed by atoms with E-state index >= 15 is 0 Å². The van der Waals surface area contributed by atoms with Gasteiger partial charge in [-0.2, -0.15) is 5.10 Å². The lowest BCUT2D eigenvalue weighted by Gasteiger charge is -2.07. The fourth-order valence-electron chi connectivity index (χ4n) is 1.32.